The first-order chi connectivity index (χ1) is 16.5. The molecule has 0 fully saturated rings. The number of Topliss-reactive ketones (excluding diaryl/α,β-unsaturated/α-hetero) is 1. The van der Waals surface area contributed by atoms with E-state index in [-0.39, 0.29) is 17.6 Å². The number of dihydropyridines is 1. The third-order valence-corrected chi connectivity index (χ3v) is 7.33. The van der Waals surface area contributed by atoms with Crippen molar-refractivity contribution in [2.75, 3.05) is 12.4 Å². The molecule has 0 saturated carbocycles. The van der Waals surface area contributed by atoms with Crippen LogP contribution in [0.5, 0.6) is 5.75 Å². The number of nitrogens with zero attached hydrogens (tertiary/aromatic N) is 1. The summed E-state index contributed by atoms with van der Waals surface area (Å²) in [5.41, 5.74) is 4.03. The Balaban J connectivity index is 1.50. The van der Waals surface area contributed by atoms with E-state index in [4.69, 9.17) is 4.74 Å². The normalized spacial score (nSPS) is 20.0. The second kappa shape index (κ2) is 9.27. The van der Waals surface area contributed by atoms with Crippen molar-refractivity contribution in [1.82, 2.24) is 10.3 Å². The molecular weight excluding hydrogens is 446 g/mol. The predicted molar refractivity (Wildman–Crippen MR) is 133 cm³/mol. The van der Waals surface area contributed by atoms with Crippen LogP contribution in [0, 0.1) is 0 Å². The van der Waals surface area contributed by atoms with Gasteiger partial charge in [-0.3, -0.25) is 9.59 Å². The summed E-state index contributed by atoms with van der Waals surface area (Å²) < 4.78 is 5.27. The Hall–Kier alpha value is -3.71. The SMILES string of the molecule is COc1ccc([C@H]2CC(=O)C3=C(C2)NC(C)=C(C(=O)Nc2ccccn2)[C@H]3c2cccs2)cc1. The number of benzene rings is 1. The summed E-state index contributed by atoms with van der Waals surface area (Å²) in [5, 5.41) is 8.30. The molecule has 0 spiro atoms. The van der Waals surface area contributed by atoms with Crippen LogP contribution in [0.2, 0.25) is 0 Å². The minimum Gasteiger partial charge on any atom is -0.497 e. The fourth-order valence-electron chi connectivity index (χ4n) is 4.81. The molecule has 2 N–H and O–H groups in total. The number of hydrogen-bond donors (Lipinski definition) is 2. The highest BCUT2D eigenvalue weighted by Crippen LogP contribution is 2.46. The second-order valence-electron chi connectivity index (χ2n) is 8.47. The van der Waals surface area contributed by atoms with E-state index in [1.807, 2.05) is 54.8 Å². The molecule has 2 atom stereocenters. The first-order valence-corrected chi connectivity index (χ1v) is 12.1. The van der Waals surface area contributed by atoms with E-state index in [1.54, 1.807) is 36.8 Å². The highest BCUT2D eigenvalue weighted by molar-refractivity contribution is 7.10. The first-order valence-electron chi connectivity index (χ1n) is 11.2. The molecule has 2 aromatic heterocycles. The average Bonchev–Trinajstić information content (AvgIpc) is 3.38. The molecule has 7 heteroatoms. The summed E-state index contributed by atoms with van der Waals surface area (Å²) >= 11 is 1.56. The summed E-state index contributed by atoms with van der Waals surface area (Å²) in [6.45, 7) is 1.90. The van der Waals surface area contributed by atoms with Crippen LogP contribution in [0.4, 0.5) is 5.82 Å². The zero-order valence-electron chi connectivity index (χ0n) is 19.0. The van der Waals surface area contributed by atoms with Gasteiger partial charge in [0, 0.05) is 40.0 Å². The van der Waals surface area contributed by atoms with Crippen LogP contribution >= 0.6 is 11.3 Å². The van der Waals surface area contributed by atoms with Gasteiger partial charge < -0.3 is 15.4 Å². The molecule has 6 nitrogen and oxygen atoms in total. The van der Waals surface area contributed by atoms with Gasteiger partial charge >= 0.3 is 0 Å². The second-order valence-corrected chi connectivity index (χ2v) is 9.45. The number of allylic oxidation sites excluding steroid dienone is 3. The number of thiophene rings is 1. The lowest BCUT2D eigenvalue weighted by atomic mass is 9.73. The van der Waals surface area contributed by atoms with Crippen molar-refractivity contribution in [2.24, 2.45) is 0 Å². The Morgan fingerprint density at radius 2 is 1.94 bits per heavy atom. The van der Waals surface area contributed by atoms with E-state index in [1.165, 1.54) is 0 Å². The van der Waals surface area contributed by atoms with Gasteiger partial charge in [-0.25, -0.2) is 4.98 Å². The van der Waals surface area contributed by atoms with Crippen LogP contribution in [0.1, 0.15) is 42.0 Å². The van der Waals surface area contributed by atoms with E-state index in [9.17, 15) is 9.59 Å². The van der Waals surface area contributed by atoms with Gasteiger partial charge in [0.05, 0.1) is 13.0 Å². The summed E-state index contributed by atoms with van der Waals surface area (Å²) in [6, 6.07) is 17.2. The number of aromatic nitrogens is 1. The predicted octanol–water partition coefficient (Wildman–Crippen LogP) is 5.15. The number of rotatable bonds is 5. The Morgan fingerprint density at radius 1 is 1.12 bits per heavy atom. The maximum absolute atomic E-state index is 13.6. The zero-order valence-corrected chi connectivity index (χ0v) is 19.8. The largest absolute Gasteiger partial charge is 0.497 e. The molecule has 172 valence electrons. The molecular formula is C27H25N3O3S. The number of carbonyl (C=O) groups excluding carboxylic acids is 2. The third-order valence-electron chi connectivity index (χ3n) is 6.39. The molecule has 0 unspecified atom stereocenters. The van der Waals surface area contributed by atoms with Gasteiger partial charge in [0.2, 0.25) is 0 Å². The molecule has 2 aliphatic rings. The van der Waals surface area contributed by atoms with E-state index in [0.717, 1.165) is 27.6 Å². The Bertz CT molecular complexity index is 1280. The van der Waals surface area contributed by atoms with Crippen molar-refractivity contribution in [3.05, 3.63) is 99.2 Å². The molecule has 1 amide bonds. The molecule has 3 heterocycles. The fraction of sp³-hybridized carbons (Fsp3) is 0.222. The summed E-state index contributed by atoms with van der Waals surface area (Å²) in [7, 11) is 1.64. The third kappa shape index (κ3) is 4.15. The highest BCUT2D eigenvalue weighted by atomic mass is 32.1. The maximum atomic E-state index is 13.6. The van der Waals surface area contributed by atoms with Gasteiger partial charge in [-0.2, -0.15) is 0 Å². The number of anilines is 1. The van der Waals surface area contributed by atoms with Crippen LogP contribution in [-0.4, -0.2) is 23.8 Å². The standard InChI is InChI=1S/C27H25N3O3S/c1-16-24(27(32)30-23-7-3-4-12-28-23)26(22-6-5-13-34-22)25-20(29-16)14-18(15-21(25)31)17-8-10-19(33-2)11-9-17/h3-13,18,26,29H,14-15H2,1-2H3,(H,28,30,32)/t18-,26-/m1/s1. The Labute approximate surface area is 202 Å². The van der Waals surface area contributed by atoms with Gasteiger partial charge in [0.15, 0.2) is 5.78 Å². The van der Waals surface area contributed by atoms with Crippen LogP contribution in [0.15, 0.2) is 88.7 Å². The molecule has 1 aromatic carbocycles. The molecule has 34 heavy (non-hydrogen) atoms. The number of nitrogens with one attached hydrogen (secondary N) is 2. The number of hydrogen-bond acceptors (Lipinski definition) is 6. The number of ether oxygens (including phenoxy) is 1. The number of amides is 1. The number of pyridine rings is 1. The Kier molecular flexibility index (Phi) is 6.02. The van der Waals surface area contributed by atoms with Crippen molar-refractivity contribution in [2.45, 2.75) is 31.6 Å². The molecule has 3 aromatic rings. The topological polar surface area (TPSA) is 80.3 Å². The van der Waals surface area contributed by atoms with Gasteiger partial charge in [0.1, 0.15) is 11.6 Å². The smallest absolute Gasteiger partial charge is 0.255 e. The van der Waals surface area contributed by atoms with Crippen molar-refractivity contribution in [1.29, 1.82) is 0 Å². The van der Waals surface area contributed by atoms with Crippen LogP contribution in [0.25, 0.3) is 0 Å². The molecule has 1 aliphatic heterocycles. The lowest BCUT2D eigenvalue weighted by Gasteiger charge is -2.36. The lowest BCUT2D eigenvalue weighted by Crippen LogP contribution is -2.36. The maximum Gasteiger partial charge on any atom is 0.255 e. The van der Waals surface area contributed by atoms with E-state index >= 15 is 0 Å². The van der Waals surface area contributed by atoms with Crippen LogP contribution in [0.3, 0.4) is 0 Å². The molecule has 1 aliphatic carbocycles. The van der Waals surface area contributed by atoms with Gasteiger partial charge in [-0.05, 0) is 60.5 Å². The minimum absolute atomic E-state index is 0.0728. The van der Waals surface area contributed by atoms with Crippen molar-refractivity contribution in [3.8, 4) is 5.75 Å². The quantitative estimate of drug-likeness (QED) is 0.538. The highest BCUT2D eigenvalue weighted by Gasteiger charge is 2.41. The van der Waals surface area contributed by atoms with Crippen molar-refractivity contribution >= 4 is 28.8 Å². The molecule has 0 saturated heterocycles. The summed E-state index contributed by atoms with van der Waals surface area (Å²) in [5.74, 6) is 0.769. The van der Waals surface area contributed by atoms with Crippen molar-refractivity contribution in [3.63, 3.8) is 0 Å². The Morgan fingerprint density at radius 3 is 2.62 bits per heavy atom. The average molecular weight is 472 g/mol. The molecule has 5 rings (SSSR count). The first kappa shape index (κ1) is 22.1. The van der Waals surface area contributed by atoms with Crippen LogP contribution in [-0.2, 0) is 9.59 Å². The lowest BCUT2D eigenvalue weighted by molar-refractivity contribution is -0.116. The van der Waals surface area contributed by atoms with E-state index in [2.05, 4.69) is 15.6 Å². The van der Waals surface area contributed by atoms with E-state index < -0.39 is 5.92 Å². The van der Waals surface area contributed by atoms with Gasteiger partial charge in [-0.15, -0.1) is 11.3 Å². The summed E-state index contributed by atoms with van der Waals surface area (Å²) in [6.07, 6.45) is 2.75. The van der Waals surface area contributed by atoms with Gasteiger partial charge in [-0.1, -0.05) is 24.3 Å². The van der Waals surface area contributed by atoms with Crippen molar-refractivity contribution < 1.29 is 14.3 Å². The van der Waals surface area contributed by atoms with Gasteiger partial charge in [0.25, 0.3) is 5.91 Å². The number of ketones is 1. The minimum atomic E-state index is -0.399. The number of methoxy groups -OCH3 is 1. The number of carbonyl (C=O) groups is 2. The van der Waals surface area contributed by atoms with E-state index in [0.29, 0.717) is 29.8 Å². The monoisotopic (exact) mass is 471 g/mol. The molecule has 0 radical (unpaired) electrons. The summed E-state index contributed by atoms with van der Waals surface area (Å²) in [4.78, 5) is 32.2. The van der Waals surface area contributed by atoms with Crippen LogP contribution < -0.4 is 15.4 Å². The zero-order chi connectivity index (χ0) is 23.7. The fourth-order valence-corrected chi connectivity index (χ4v) is 5.66. The molecule has 0 bridgehead atoms.